The van der Waals surface area contributed by atoms with Gasteiger partial charge in [0.2, 0.25) is 5.75 Å². The average molecular weight is 429 g/mol. The summed E-state index contributed by atoms with van der Waals surface area (Å²) in [5, 5.41) is 1.60. The van der Waals surface area contributed by atoms with Gasteiger partial charge in [-0.3, -0.25) is 4.90 Å². The van der Waals surface area contributed by atoms with E-state index < -0.39 is 0 Å². The van der Waals surface area contributed by atoms with Gasteiger partial charge in [-0.25, -0.2) is 9.97 Å². The average Bonchev–Trinajstić information content (AvgIpc) is 2.79. The number of rotatable bonds is 6. The van der Waals surface area contributed by atoms with E-state index in [4.69, 9.17) is 25.8 Å². The van der Waals surface area contributed by atoms with Crippen molar-refractivity contribution in [1.29, 1.82) is 0 Å². The zero-order valence-electron chi connectivity index (χ0n) is 17.4. The van der Waals surface area contributed by atoms with Gasteiger partial charge in [0.1, 0.15) is 12.1 Å². The number of hydrogen-bond donors (Lipinski definition) is 0. The van der Waals surface area contributed by atoms with E-state index in [1.54, 1.807) is 27.7 Å². The molecule has 4 rings (SSSR count). The van der Waals surface area contributed by atoms with Crippen LogP contribution in [-0.4, -0.2) is 62.4 Å². The molecule has 1 aromatic heterocycles. The summed E-state index contributed by atoms with van der Waals surface area (Å²) in [5.41, 5.74) is 2.02. The van der Waals surface area contributed by atoms with Crippen molar-refractivity contribution < 1.29 is 14.2 Å². The van der Waals surface area contributed by atoms with Crippen molar-refractivity contribution in [3.05, 3.63) is 47.2 Å². The minimum atomic E-state index is 0.546. The van der Waals surface area contributed by atoms with Gasteiger partial charge >= 0.3 is 0 Å². The first-order chi connectivity index (χ1) is 14.6. The van der Waals surface area contributed by atoms with Crippen LogP contribution in [0.4, 0.5) is 5.82 Å². The van der Waals surface area contributed by atoms with Crippen molar-refractivity contribution in [1.82, 2.24) is 14.9 Å². The zero-order valence-corrected chi connectivity index (χ0v) is 18.1. The number of ether oxygens (including phenoxy) is 3. The minimum absolute atomic E-state index is 0.546. The Morgan fingerprint density at radius 3 is 2.23 bits per heavy atom. The molecule has 30 heavy (non-hydrogen) atoms. The second kappa shape index (κ2) is 8.93. The Labute approximate surface area is 181 Å². The van der Waals surface area contributed by atoms with Crippen LogP contribution < -0.4 is 19.1 Å². The summed E-state index contributed by atoms with van der Waals surface area (Å²) >= 11 is 6.00. The van der Waals surface area contributed by atoms with Gasteiger partial charge in [0.05, 0.1) is 32.2 Å². The number of benzene rings is 2. The lowest BCUT2D eigenvalue weighted by atomic mass is 10.1. The van der Waals surface area contributed by atoms with Crippen LogP contribution in [0.1, 0.15) is 5.56 Å². The molecule has 1 aliphatic rings. The summed E-state index contributed by atoms with van der Waals surface area (Å²) in [4.78, 5) is 13.7. The van der Waals surface area contributed by atoms with Gasteiger partial charge < -0.3 is 19.1 Å². The highest BCUT2D eigenvalue weighted by Gasteiger charge is 2.25. The molecule has 2 heterocycles. The second-order valence-corrected chi connectivity index (χ2v) is 7.56. The van der Waals surface area contributed by atoms with Gasteiger partial charge in [-0.1, -0.05) is 23.7 Å². The second-order valence-electron chi connectivity index (χ2n) is 7.13. The van der Waals surface area contributed by atoms with Crippen molar-refractivity contribution in [2.75, 3.05) is 52.4 Å². The van der Waals surface area contributed by atoms with Gasteiger partial charge in [0.15, 0.2) is 11.5 Å². The third-order valence-corrected chi connectivity index (χ3v) is 5.65. The molecule has 7 nitrogen and oxygen atoms in total. The molecule has 0 spiro atoms. The van der Waals surface area contributed by atoms with Gasteiger partial charge in [-0.05, 0) is 17.7 Å². The van der Waals surface area contributed by atoms with Crippen LogP contribution in [0, 0.1) is 0 Å². The molecular weight excluding hydrogens is 404 g/mol. The zero-order chi connectivity index (χ0) is 21.1. The van der Waals surface area contributed by atoms with E-state index in [-0.39, 0.29) is 0 Å². The van der Waals surface area contributed by atoms with Crippen LogP contribution in [0.5, 0.6) is 17.2 Å². The first-order valence-corrected chi connectivity index (χ1v) is 10.2. The lowest BCUT2D eigenvalue weighted by molar-refractivity contribution is 0.249. The Hall–Kier alpha value is -2.77. The SMILES string of the molecule is COc1cc2ncnc(N3CCN(Cc4ccc(Cl)cc4)CC3)c2c(OC)c1OC. The molecule has 0 N–H and O–H groups in total. The number of fused-ring (bicyclic) bond motifs is 1. The van der Waals surface area contributed by atoms with E-state index in [0.29, 0.717) is 17.2 Å². The van der Waals surface area contributed by atoms with E-state index in [9.17, 15) is 0 Å². The smallest absolute Gasteiger partial charge is 0.204 e. The maximum atomic E-state index is 6.00. The number of anilines is 1. The fourth-order valence-corrected chi connectivity index (χ4v) is 4.00. The molecule has 0 amide bonds. The predicted molar refractivity (Wildman–Crippen MR) is 118 cm³/mol. The number of methoxy groups -OCH3 is 3. The maximum Gasteiger partial charge on any atom is 0.204 e. The van der Waals surface area contributed by atoms with E-state index in [0.717, 1.165) is 54.5 Å². The Balaban J connectivity index is 1.59. The molecular formula is C22H25ClN4O3. The summed E-state index contributed by atoms with van der Waals surface area (Å²) < 4.78 is 16.7. The first kappa shape index (κ1) is 20.5. The molecule has 0 saturated carbocycles. The Morgan fingerprint density at radius 1 is 0.900 bits per heavy atom. The normalized spacial score (nSPS) is 14.7. The van der Waals surface area contributed by atoms with Crippen LogP contribution in [0.25, 0.3) is 10.9 Å². The highest BCUT2D eigenvalue weighted by atomic mass is 35.5. The van der Waals surface area contributed by atoms with Crippen molar-refractivity contribution >= 4 is 28.3 Å². The molecule has 1 aliphatic heterocycles. The summed E-state index contributed by atoms with van der Waals surface area (Å²) in [6.45, 7) is 4.49. The highest BCUT2D eigenvalue weighted by Crippen LogP contribution is 2.45. The quantitative estimate of drug-likeness (QED) is 0.594. The summed E-state index contributed by atoms with van der Waals surface area (Å²) in [7, 11) is 4.83. The first-order valence-electron chi connectivity index (χ1n) is 9.80. The van der Waals surface area contributed by atoms with Crippen molar-refractivity contribution in [3.8, 4) is 17.2 Å². The van der Waals surface area contributed by atoms with Crippen LogP contribution >= 0.6 is 11.6 Å². The van der Waals surface area contributed by atoms with Crippen molar-refractivity contribution in [2.24, 2.45) is 0 Å². The van der Waals surface area contributed by atoms with Gasteiger partial charge in [0.25, 0.3) is 0 Å². The molecule has 3 aromatic rings. The van der Waals surface area contributed by atoms with Crippen LogP contribution in [-0.2, 0) is 6.54 Å². The number of aromatic nitrogens is 2. The van der Waals surface area contributed by atoms with Gasteiger partial charge in [-0.2, -0.15) is 0 Å². The van der Waals surface area contributed by atoms with Crippen LogP contribution in [0.2, 0.25) is 5.02 Å². The lowest BCUT2D eigenvalue weighted by Gasteiger charge is -2.36. The molecule has 1 fully saturated rings. The van der Waals surface area contributed by atoms with E-state index >= 15 is 0 Å². The molecule has 158 valence electrons. The minimum Gasteiger partial charge on any atom is -0.493 e. The number of halogens is 1. The lowest BCUT2D eigenvalue weighted by Crippen LogP contribution is -2.46. The number of nitrogens with zero attached hydrogens (tertiary/aromatic N) is 4. The molecule has 0 bridgehead atoms. The van der Waals surface area contributed by atoms with E-state index in [1.165, 1.54) is 5.56 Å². The predicted octanol–water partition coefficient (Wildman–Crippen LogP) is 3.63. The monoisotopic (exact) mass is 428 g/mol. The summed E-state index contributed by atoms with van der Waals surface area (Å²) in [6, 6.07) is 9.90. The summed E-state index contributed by atoms with van der Waals surface area (Å²) in [5.74, 6) is 2.57. The standard InChI is InChI=1S/C22H25ClN4O3/c1-28-18-12-17-19(21(30-3)20(18)29-2)22(25-14-24-17)27-10-8-26(9-11-27)13-15-4-6-16(23)7-5-15/h4-7,12,14H,8-11,13H2,1-3H3. The molecule has 1 saturated heterocycles. The number of hydrogen-bond acceptors (Lipinski definition) is 7. The fraction of sp³-hybridized carbons (Fsp3) is 0.364. The highest BCUT2D eigenvalue weighted by molar-refractivity contribution is 6.30. The molecule has 8 heteroatoms. The van der Waals surface area contributed by atoms with Crippen molar-refractivity contribution in [3.63, 3.8) is 0 Å². The van der Waals surface area contributed by atoms with Crippen LogP contribution in [0.3, 0.4) is 0 Å². The Kier molecular flexibility index (Phi) is 6.11. The number of piperazine rings is 1. The third-order valence-electron chi connectivity index (χ3n) is 5.40. The third kappa shape index (κ3) is 3.95. The topological polar surface area (TPSA) is 60.0 Å². The Bertz CT molecular complexity index is 1020. The summed E-state index contributed by atoms with van der Waals surface area (Å²) in [6.07, 6.45) is 1.59. The largest absolute Gasteiger partial charge is 0.493 e. The molecule has 0 aliphatic carbocycles. The molecule has 0 radical (unpaired) electrons. The van der Waals surface area contributed by atoms with Gasteiger partial charge in [-0.15, -0.1) is 0 Å². The fourth-order valence-electron chi connectivity index (χ4n) is 3.88. The molecule has 0 atom stereocenters. The molecule has 0 unspecified atom stereocenters. The van der Waals surface area contributed by atoms with Gasteiger partial charge in [0, 0.05) is 43.8 Å². The van der Waals surface area contributed by atoms with E-state index in [1.807, 2.05) is 18.2 Å². The maximum absolute atomic E-state index is 6.00. The van der Waals surface area contributed by atoms with Crippen LogP contribution in [0.15, 0.2) is 36.7 Å². The van der Waals surface area contributed by atoms with E-state index in [2.05, 4.69) is 31.9 Å². The van der Waals surface area contributed by atoms with Crippen molar-refractivity contribution in [2.45, 2.75) is 6.54 Å². The Morgan fingerprint density at radius 2 is 1.60 bits per heavy atom. The molecule has 2 aromatic carbocycles.